The second-order valence-electron chi connectivity index (χ2n) is 5.54. The zero-order valence-electron chi connectivity index (χ0n) is 11.6. The number of amides is 1. The zero-order valence-corrected chi connectivity index (χ0v) is 12.3. The second kappa shape index (κ2) is 6.24. The first kappa shape index (κ1) is 15.0. The van der Waals surface area contributed by atoms with Crippen molar-refractivity contribution in [3.63, 3.8) is 0 Å². The molecule has 0 aromatic heterocycles. The molecule has 1 rings (SSSR count). The van der Waals surface area contributed by atoms with Gasteiger partial charge < -0.3 is 5.32 Å². The molecule has 0 spiro atoms. The van der Waals surface area contributed by atoms with Crippen molar-refractivity contribution < 1.29 is 4.79 Å². The van der Waals surface area contributed by atoms with Crippen molar-refractivity contribution in [3.05, 3.63) is 35.4 Å². The lowest BCUT2D eigenvalue weighted by molar-refractivity contribution is 0.0953. The Hall–Kier alpha value is -1.02. The predicted octanol–water partition coefficient (Wildman–Crippen LogP) is 3.73. The van der Waals surface area contributed by atoms with Crippen molar-refractivity contribution in [2.45, 2.75) is 44.9 Å². The van der Waals surface area contributed by atoms with Gasteiger partial charge in [-0.2, -0.15) is 0 Å². The zero-order chi connectivity index (χ0) is 13.8. The first-order valence-electron chi connectivity index (χ1n) is 6.37. The fourth-order valence-corrected chi connectivity index (χ4v) is 1.65. The van der Waals surface area contributed by atoms with Gasteiger partial charge in [0, 0.05) is 12.1 Å². The number of hydrogen-bond donors (Lipinski definition) is 1. The molecule has 1 aromatic carbocycles. The summed E-state index contributed by atoms with van der Waals surface area (Å²) in [6.45, 7) is 8.98. The molecule has 0 aliphatic heterocycles. The molecule has 100 valence electrons. The van der Waals surface area contributed by atoms with Gasteiger partial charge >= 0.3 is 0 Å². The minimum atomic E-state index is -0.0606. The molecule has 18 heavy (non-hydrogen) atoms. The third-order valence-electron chi connectivity index (χ3n) is 2.94. The molecule has 0 saturated carbocycles. The SMILES string of the molecule is CCC(Cl)CNC(=O)c1ccc(C(C)(C)C)cc1. The van der Waals surface area contributed by atoms with Gasteiger partial charge in [0.25, 0.3) is 5.91 Å². The average molecular weight is 268 g/mol. The molecule has 1 amide bonds. The molecule has 0 aliphatic rings. The van der Waals surface area contributed by atoms with Crippen LogP contribution in [0.4, 0.5) is 0 Å². The van der Waals surface area contributed by atoms with Gasteiger partial charge in [0.15, 0.2) is 0 Å². The maximum Gasteiger partial charge on any atom is 0.251 e. The molecule has 0 fully saturated rings. The van der Waals surface area contributed by atoms with Crippen LogP contribution in [0.1, 0.15) is 50.0 Å². The van der Waals surface area contributed by atoms with Crippen LogP contribution in [0.15, 0.2) is 24.3 Å². The average Bonchev–Trinajstić information content (AvgIpc) is 2.34. The highest BCUT2D eigenvalue weighted by Gasteiger charge is 2.14. The third kappa shape index (κ3) is 4.34. The number of rotatable bonds is 4. The van der Waals surface area contributed by atoms with Gasteiger partial charge in [-0.15, -0.1) is 11.6 Å². The molecule has 3 heteroatoms. The normalized spacial score (nSPS) is 13.2. The molecule has 1 aromatic rings. The van der Waals surface area contributed by atoms with Crippen LogP contribution in [-0.2, 0) is 5.41 Å². The van der Waals surface area contributed by atoms with Gasteiger partial charge in [0.05, 0.1) is 5.38 Å². The van der Waals surface area contributed by atoms with Crippen LogP contribution in [0.2, 0.25) is 0 Å². The molecule has 1 N–H and O–H groups in total. The lowest BCUT2D eigenvalue weighted by Crippen LogP contribution is -2.29. The standard InChI is InChI=1S/C15H22ClNO/c1-5-13(16)10-17-14(18)11-6-8-12(9-7-11)15(2,3)4/h6-9,13H,5,10H2,1-4H3,(H,17,18). The largest absolute Gasteiger partial charge is 0.351 e. The van der Waals surface area contributed by atoms with E-state index in [1.165, 1.54) is 5.56 Å². The molecule has 0 saturated heterocycles. The summed E-state index contributed by atoms with van der Waals surface area (Å²) in [6.07, 6.45) is 0.852. The van der Waals surface area contributed by atoms with Gasteiger partial charge in [-0.3, -0.25) is 4.79 Å². The van der Waals surface area contributed by atoms with E-state index in [-0.39, 0.29) is 16.7 Å². The van der Waals surface area contributed by atoms with E-state index in [1.807, 2.05) is 31.2 Å². The van der Waals surface area contributed by atoms with Gasteiger partial charge in [0.2, 0.25) is 0 Å². The monoisotopic (exact) mass is 267 g/mol. The summed E-state index contributed by atoms with van der Waals surface area (Å²) < 4.78 is 0. The summed E-state index contributed by atoms with van der Waals surface area (Å²) in [4.78, 5) is 11.9. The summed E-state index contributed by atoms with van der Waals surface area (Å²) in [6, 6.07) is 7.75. The fourth-order valence-electron chi connectivity index (χ4n) is 1.57. The Morgan fingerprint density at radius 1 is 1.28 bits per heavy atom. The van der Waals surface area contributed by atoms with Crippen molar-refractivity contribution >= 4 is 17.5 Å². The Labute approximate surface area is 115 Å². The Kier molecular flexibility index (Phi) is 5.21. The number of carbonyl (C=O) groups is 1. The van der Waals surface area contributed by atoms with Gasteiger partial charge in [-0.25, -0.2) is 0 Å². The van der Waals surface area contributed by atoms with E-state index in [4.69, 9.17) is 11.6 Å². The minimum Gasteiger partial charge on any atom is -0.351 e. The topological polar surface area (TPSA) is 29.1 Å². The van der Waals surface area contributed by atoms with Crippen LogP contribution >= 0.6 is 11.6 Å². The summed E-state index contributed by atoms with van der Waals surface area (Å²) in [5.74, 6) is -0.0606. The van der Waals surface area contributed by atoms with Crippen LogP contribution < -0.4 is 5.32 Å². The summed E-state index contributed by atoms with van der Waals surface area (Å²) in [5, 5.41) is 2.84. The Morgan fingerprint density at radius 2 is 1.83 bits per heavy atom. The van der Waals surface area contributed by atoms with Crippen LogP contribution in [0.5, 0.6) is 0 Å². The maximum absolute atomic E-state index is 11.9. The summed E-state index contributed by atoms with van der Waals surface area (Å²) in [7, 11) is 0. The highest BCUT2D eigenvalue weighted by Crippen LogP contribution is 2.22. The van der Waals surface area contributed by atoms with Crippen molar-refractivity contribution in [2.75, 3.05) is 6.54 Å². The van der Waals surface area contributed by atoms with Gasteiger partial charge in [-0.05, 0) is 29.5 Å². The first-order chi connectivity index (χ1) is 8.34. The van der Waals surface area contributed by atoms with Crippen LogP contribution in [0.25, 0.3) is 0 Å². The van der Waals surface area contributed by atoms with E-state index in [2.05, 4.69) is 26.1 Å². The number of hydrogen-bond acceptors (Lipinski definition) is 1. The molecular formula is C15H22ClNO. The fraction of sp³-hybridized carbons (Fsp3) is 0.533. The lowest BCUT2D eigenvalue weighted by Gasteiger charge is -2.19. The number of halogens is 1. The number of carbonyl (C=O) groups excluding carboxylic acids is 1. The molecule has 2 nitrogen and oxygen atoms in total. The van der Waals surface area contributed by atoms with Crippen molar-refractivity contribution in [1.29, 1.82) is 0 Å². The Morgan fingerprint density at radius 3 is 2.28 bits per heavy atom. The smallest absolute Gasteiger partial charge is 0.251 e. The van der Waals surface area contributed by atoms with Crippen LogP contribution in [0, 0.1) is 0 Å². The third-order valence-corrected chi connectivity index (χ3v) is 3.40. The quantitative estimate of drug-likeness (QED) is 0.828. The van der Waals surface area contributed by atoms with Crippen LogP contribution in [0.3, 0.4) is 0 Å². The van der Waals surface area contributed by atoms with Gasteiger partial charge in [-0.1, -0.05) is 39.8 Å². The molecular weight excluding hydrogens is 246 g/mol. The predicted molar refractivity (Wildman–Crippen MR) is 77.4 cm³/mol. The first-order valence-corrected chi connectivity index (χ1v) is 6.81. The summed E-state index contributed by atoms with van der Waals surface area (Å²) >= 11 is 5.97. The number of benzene rings is 1. The highest BCUT2D eigenvalue weighted by atomic mass is 35.5. The Bertz CT molecular complexity index is 392. The number of alkyl halides is 1. The van der Waals surface area contributed by atoms with E-state index in [0.29, 0.717) is 12.1 Å². The molecule has 1 atom stereocenters. The van der Waals surface area contributed by atoms with E-state index >= 15 is 0 Å². The molecule has 1 unspecified atom stereocenters. The second-order valence-corrected chi connectivity index (χ2v) is 6.16. The van der Waals surface area contributed by atoms with Gasteiger partial charge in [0.1, 0.15) is 0 Å². The van der Waals surface area contributed by atoms with E-state index in [0.717, 1.165) is 6.42 Å². The minimum absolute atomic E-state index is 0.00259. The van der Waals surface area contributed by atoms with Crippen LogP contribution in [-0.4, -0.2) is 17.8 Å². The van der Waals surface area contributed by atoms with Crippen molar-refractivity contribution in [1.82, 2.24) is 5.32 Å². The summed E-state index contributed by atoms with van der Waals surface area (Å²) in [5.41, 5.74) is 2.02. The van der Waals surface area contributed by atoms with E-state index < -0.39 is 0 Å². The molecule has 0 bridgehead atoms. The molecule has 0 radical (unpaired) electrons. The lowest BCUT2D eigenvalue weighted by atomic mass is 9.87. The Balaban J connectivity index is 2.65. The van der Waals surface area contributed by atoms with E-state index in [1.54, 1.807) is 0 Å². The van der Waals surface area contributed by atoms with Crippen molar-refractivity contribution in [2.24, 2.45) is 0 Å². The van der Waals surface area contributed by atoms with Crippen molar-refractivity contribution in [3.8, 4) is 0 Å². The number of nitrogens with one attached hydrogen (secondary N) is 1. The highest BCUT2D eigenvalue weighted by molar-refractivity contribution is 6.20. The molecule has 0 aliphatic carbocycles. The maximum atomic E-state index is 11.9. The van der Waals surface area contributed by atoms with E-state index in [9.17, 15) is 4.79 Å². The molecule has 0 heterocycles.